The monoisotopic (exact) mass is 371 g/mol. The van der Waals surface area contributed by atoms with Crippen molar-refractivity contribution in [3.8, 4) is 11.4 Å². The minimum Gasteiger partial charge on any atom is -0.468 e. The zero-order chi connectivity index (χ0) is 18.5. The van der Waals surface area contributed by atoms with Crippen LogP contribution in [0.25, 0.3) is 11.4 Å². The first-order chi connectivity index (χ1) is 12.6. The quantitative estimate of drug-likeness (QED) is 0.487. The SMILES string of the molecule is COC(=O)[C@H](C)Sc1nnc(-c2ccccc2F)n1Cc1ccccc1. The van der Waals surface area contributed by atoms with E-state index in [4.69, 9.17) is 4.74 Å². The molecule has 0 amide bonds. The van der Waals surface area contributed by atoms with E-state index >= 15 is 0 Å². The number of thioether (sulfide) groups is 1. The molecule has 0 spiro atoms. The Kier molecular flexibility index (Phi) is 5.68. The van der Waals surface area contributed by atoms with Crippen LogP contribution in [0.4, 0.5) is 4.39 Å². The Bertz CT molecular complexity index is 899. The van der Waals surface area contributed by atoms with Gasteiger partial charge in [0, 0.05) is 0 Å². The van der Waals surface area contributed by atoms with Crippen LogP contribution in [0.1, 0.15) is 12.5 Å². The molecule has 0 saturated heterocycles. The van der Waals surface area contributed by atoms with E-state index < -0.39 is 5.25 Å². The standard InChI is InChI=1S/C19H18FN3O2S/c1-13(18(24)25-2)26-19-22-21-17(15-10-6-7-11-16(15)20)23(19)12-14-8-4-3-5-9-14/h3-11,13H,12H2,1-2H3/t13-/m0/s1. The van der Waals surface area contributed by atoms with E-state index in [2.05, 4.69) is 10.2 Å². The van der Waals surface area contributed by atoms with Crippen LogP contribution >= 0.6 is 11.8 Å². The summed E-state index contributed by atoms with van der Waals surface area (Å²) in [5.74, 6) is -0.296. The van der Waals surface area contributed by atoms with Crippen LogP contribution in [-0.4, -0.2) is 33.1 Å². The number of rotatable bonds is 6. The molecule has 3 aromatic rings. The molecule has 2 aromatic carbocycles. The van der Waals surface area contributed by atoms with Gasteiger partial charge in [-0.2, -0.15) is 0 Å². The molecular weight excluding hydrogens is 353 g/mol. The first-order valence-corrected chi connectivity index (χ1v) is 8.94. The zero-order valence-corrected chi connectivity index (χ0v) is 15.2. The van der Waals surface area contributed by atoms with Gasteiger partial charge in [0.1, 0.15) is 11.1 Å². The second kappa shape index (κ2) is 8.14. The van der Waals surface area contributed by atoms with Gasteiger partial charge in [-0.15, -0.1) is 10.2 Å². The first kappa shape index (κ1) is 18.1. The van der Waals surface area contributed by atoms with Gasteiger partial charge < -0.3 is 4.74 Å². The Morgan fingerprint density at radius 1 is 1.15 bits per heavy atom. The largest absolute Gasteiger partial charge is 0.468 e. The predicted octanol–water partition coefficient (Wildman–Crippen LogP) is 3.79. The van der Waals surface area contributed by atoms with Crippen molar-refractivity contribution in [2.45, 2.75) is 23.9 Å². The van der Waals surface area contributed by atoms with Gasteiger partial charge in [-0.25, -0.2) is 4.39 Å². The van der Waals surface area contributed by atoms with Gasteiger partial charge in [0.25, 0.3) is 0 Å². The van der Waals surface area contributed by atoms with Gasteiger partial charge in [0.05, 0.1) is 19.2 Å². The van der Waals surface area contributed by atoms with Crippen molar-refractivity contribution >= 4 is 17.7 Å². The van der Waals surface area contributed by atoms with Gasteiger partial charge in [-0.3, -0.25) is 9.36 Å². The zero-order valence-electron chi connectivity index (χ0n) is 14.4. The smallest absolute Gasteiger partial charge is 0.318 e. The molecular formula is C19H18FN3O2S. The summed E-state index contributed by atoms with van der Waals surface area (Å²) in [5.41, 5.74) is 1.39. The highest BCUT2D eigenvalue weighted by Gasteiger charge is 2.22. The molecule has 7 heteroatoms. The lowest BCUT2D eigenvalue weighted by atomic mass is 10.2. The summed E-state index contributed by atoms with van der Waals surface area (Å²) in [5, 5.41) is 8.45. The molecule has 5 nitrogen and oxygen atoms in total. The molecule has 1 heterocycles. The van der Waals surface area contributed by atoms with Crippen molar-refractivity contribution in [1.29, 1.82) is 0 Å². The fraction of sp³-hybridized carbons (Fsp3) is 0.211. The maximum atomic E-state index is 14.3. The van der Waals surface area contributed by atoms with Gasteiger partial charge in [0.2, 0.25) is 0 Å². The summed E-state index contributed by atoms with van der Waals surface area (Å²) < 4.78 is 20.9. The number of ether oxygens (including phenoxy) is 1. The van der Waals surface area contributed by atoms with Crippen molar-refractivity contribution in [1.82, 2.24) is 14.8 Å². The molecule has 26 heavy (non-hydrogen) atoms. The van der Waals surface area contributed by atoms with E-state index in [9.17, 15) is 9.18 Å². The number of carbonyl (C=O) groups excluding carboxylic acids is 1. The van der Waals surface area contributed by atoms with E-state index in [1.807, 2.05) is 34.9 Å². The third-order valence-corrected chi connectivity index (χ3v) is 4.89. The van der Waals surface area contributed by atoms with Crippen molar-refractivity contribution in [2.75, 3.05) is 7.11 Å². The van der Waals surface area contributed by atoms with E-state index in [1.165, 1.54) is 24.9 Å². The number of hydrogen-bond donors (Lipinski definition) is 0. The average Bonchev–Trinajstić information content (AvgIpc) is 3.04. The number of benzene rings is 2. The number of methoxy groups -OCH3 is 1. The Labute approximate surface area is 155 Å². The number of nitrogens with zero attached hydrogens (tertiary/aromatic N) is 3. The van der Waals surface area contributed by atoms with Gasteiger partial charge >= 0.3 is 5.97 Å². The lowest BCUT2D eigenvalue weighted by molar-refractivity contribution is -0.139. The summed E-state index contributed by atoms with van der Waals surface area (Å²) in [6.45, 7) is 2.20. The maximum Gasteiger partial charge on any atom is 0.318 e. The second-order valence-corrected chi connectivity index (χ2v) is 6.95. The van der Waals surface area contributed by atoms with Crippen molar-refractivity contribution in [3.05, 3.63) is 66.0 Å². The average molecular weight is 371 g/mol. The van der Waals surface area contributed by atoms with Crippen LogP contribution < -0.4 is 0 Å². The molecule has 1 aromatic heterocycles. The lowest BCUT2D eigenvalue weighted by Crippen LogP contribution is -2.16. The number of carbonyl (C=O) groups is 1. The first-order valence-electron chi connectivity index (χ1n) is 8.06. The summed E-state index contributed by atoms with van der Waals surface area (Å²) in [7, 11) is 1.35. The molecule has 0 aliphatic heterocycles. The highest BCUT2D eigenvalue weighted by molar-refractivity contribution is 8.00. The van der Waals surface area contributed by atoms with Crippen LogP contribution in [0.2, 0.25) is 0 Å². The van der Waals surface area contributed by atoms with Crippen LogP contribution in [0.3, 0.4) is 0 Å². The minimum absolute atomic E-state index is 0.350. The fourth-order valence-corrected chi connectivity index (χ4v) is 3.37. The molecule has 0 aliphatic carbocycles. The van der Waals surface area contributed by atoms with Crippen LogP contribution in [0.15, 0.2) is 59.8 Å². The molecule has 0 bridgehead atoms. The lowest BCUT2D eigenvalue weighted by Gasteiger charge is -2.13. The van der Waals surface area contributed by atoms with E-state index in [1.54, 1.807) is 25.1 Å². The topological polar surface area (TPSA) is 57.0 Å². The number of esters is 1. The highest BCUT2D eigenvalue weighted by atomic mass is 32.2. The molecule has 0 unspecified atom stereocenters. The Hall–Kier alpha value is -2.67. The Morgan fingerprint density at radius 2 is 1.85 bits per heavy atom. The summed E-state index contributed by atoms with van der Waals surface area (Å²) in [6, 6.07) is 16.2. The summed E-state index contributed by atoms with van der Waals surface area (Å²) in [6.07, 6.45) is 0. The van der Waals surface area contributed by atoms with Crippen LogP contribution in [0, 0.1) is 5.82 Å². The minimum atomic E-state index is -0.452. The highest BCUT2D eigenvalue weighted by Crippen LogP contribution is 2.29. The molecule has 0 N–H and O–H groups in total. The van der Waals surface area contributed by atoms with E-state index in [-0.39, 0.29) is 11.8 Å². The molecule has 0 aliphatic rings. The fourth-order valence-electron chi connectivity index (χ4n) is 2.50. The second-order valence-electron chi connectivity index (χ2n) is 5.64. The van der Waals surface area contributed by atoms with Crippen LogP contribution in [-0.2, 0) is 16.1 Å². The number of aromatic nitrogens is 3. The molecule has 0 saturated carbocycles. The molecule has 0 fully saturated rings. The van der Waals surface area contributed by atoms with Crippen molar-refractivity contribution in [2.24, 2.45) is 0 Å². The normalized spacial score (nSPS) is 12.0. The third kappa shape index (κ3) is 3.94. The van der Waals surface area contributed by atoms with E-state index in [0.717, 1.165) is 5.56 Å². The Balaban J connectivity index is 2.02. The summed E-state index contributed by atoms with van der Waals surface area (Å²) >= 11 is 1.24. The van der Waals surface area contributed by atoms with Gasteiger partial charge in [-0.1, -0.05) is 54.2 Å². The third-order valence-electron chi connectivity index (χ3n) is 3.83. The molecule has 3 rings (SSSR count). The van der Waals surface area contributed by atoms with Crippen molar-refractivity contribution < 1.29 is 13.9 Å². The maximum absolute atomic E-state index is 14.3. The summed E-state index contributed by atoms with van der Waals surface area (Å²) in [4.78, 5) is 11.8. The number of halogens is 1. The Morgan fingerprint density at radius 3 is 2.54 bits per heavy atom. The van der Waals surface area contributed by atoms with Crippen molar-refractivity contribution in [3.63, 3.8) is 0 Å². The number of hydrogen-bond acceptors (Lipinski definition) is 5. The van der Waals surface area contributed by atoms with Crippen LogP contribution in [0.5, 0.6) is 0 Å². The molecule has 134 valence electrons. The molecule has 0 radical (unpaired) electrons. The predicted molar refractivity (Wildman–Crippen MR) is 98.3 cm³/mol. The van der Waals surface area contributed by atoms with E-state index in [0.29, 0.717) is 23.1 Å². The van der Waals surface area contributed by atoms with Gasteiger partial charge in [-0.05, 0) is 24.6 Å². The molecule has 1 atom stereocenters. The van der Waals surface area contributed by atoms with Gasteiger partial charge in [0.15, 0.2) is 11.0 Å².